The van der Waals surface area contributed by atoms with Crippen LogP contribution in [0.4, 0.5) is 0 Å². The number of Topliss-reactive ketones (excluding diaryl/α,β-unsaturated/α-hetero) is 1. The second-order valence-electron chi connectivity index (χ2n) is 4.12. The van der Waals surface area contributed by atoms with Gasteiger partial charge in [0.05, 0.1) is 7.11 Å². The van der Waals surface area contributed by atoms with Crippen LogP contribution in [0.25, 0.3) is 0 Å². The molecule has 4 nitrogen and oxygen atoms in total. The molecule has 1 aromatic rings. The first-order valence-corrected chi connectivity index (χ1v) is 5.58. The molecule has 1 N–H and O–H groups in total. The van der Waals surface area contributed by atoms with Crippen LogP contribution >= 0.6 is 0 Å². The second kappa shape index (κ2) is 4.57. The SMILES string of the molecule is CNC(=O)CC1CC(=O)c2cccc(OC)c21. The summed E-state index contributed by atoms with van der Waals surface area (Å²) in [6.07, 6.45) is 0.721. The van der Waals surface area contributed by atoms with Gasteiger partial charge in [0.1, 0.15) is 5.75 Å². The van der Waals surface area contributed by atoms with Crippen LogP contribution in [0.3, 0.4) is 0 Å². The van der Waals surface area contributed by atoms with Crippen LogP contribution in [-0.4, -0.2) is 25.8 Å². The van der Waals surface area contributed by atoms with Gasteiger partial charge in [0.2, 0.25) is 5.91 Å². The van der Waals surface area contributed by atoms with E-state index >= 15 is 0 Å². The molecule has 0 bridgehead atoms. The molecule has 0 heterocycles. The number of hydrogen-bond donors (Lipinski definition) is 1. The van der Waals surface area contributed by atoms with Gasteiger partial charge in [0, 0.05) is 36.9 Å². The summed E-state index contributed by atoms with van der Waals surface area (Å²) in [7, 11) is 3.18. The highest BCUT2D eigenvalue weighted by Crippen LogP contribution is 2.41. The predicted molar refractivity (Wildman–Crippen MR) is 63.4 cm³/mol. The molecule has 0 saturated carbocycles. The first-order valence-electron chi connectivity index (χ1n) is 5.58. The van der Waals surface area contributed by atoms with Crippen LogP contribution in [0.2, 0.25) is 0 Å². The third kappa shape index (κ3) is 2.02. The van der Waals surface area contributed by atoms with Crippen molar-refractivity contribution in [3.05, 3.63) is 29.3 Å². The van der Waals surface area contributed by atoms with Crippen molar-refractivity contribution < 1.29 is 14.3 Å². The van der Waals surface area contributed by atoms with E-state index < -0.39 is 0 Å². The van der Waals surface area contributed by atoms with E-state index in [9.17, 15) is 9.59 Å². The lowest BCUT2D eigenvalue weighted by molar-refractivity contribution is -0.120. The summed E-state index contributed by atoms with van der Waals surface area (Å²) < 4.78 is 5.27. The molecule has 1 aromatic carbocycles. The number of hydrogen-bond acceptors (Lipinski definition) is 3. The van der Waals surface area contributed by atoms with Gasteiger partial charge in [-0.15, -0.1) is 0 Å². The quantitative estimate of drug-likeness (QED) is 0.860. The summed E-state index contributed by atoms with van der Waals surface area (Å²) >= 11 is 0. The fraction of sp³-hybridized carbons (Fsp3) is 0.385. The van der Waals surface area contributed by atoms with Crippen molar-refractivity contribution in [1.29, 1.82) is 0 Å². The molecule has 0 fully saturated rings. The van der Waals surface area contributed by atoms with Crippen LogP contribution in [0.5, 0.6) is 5.75 Å². The Morgan fingerprint density at radius 1 is 1.53 bits per heavy atom. The van der Waals surface area contributed by atoms with Gasteiger partial charge >= 0.3 is 0 Å². The number of benzene rings is 1. The Kier molecular flexibility index (Phi) is 3.13. The third-order valence-corrected chi connectivity index (χ3v) is 3.14. The minimum atomic E-state index is -0.0615. The van der Waals surface area contributed by atoms with Gasteiger partial charge in [0.15, 0.2) is 5.78 Å². The lowest BCUT2D eigenvalue weighted by Crippen LogP contribution is -2.20. The molecule has 0 saturated heterocycles. The number of carbonyl (C=O) groups excluding carboxylic acids is 2. The maximum Gasteiger partial charge on any atom is 0.220 e. The van der Waals surface area contributed by atoms with Crippen molar-refractivity contribution in [3.63, 3.8) is 0 Å². The number of carbonyl (C=O) groups is 2. The molecular formula is C13H15NO3. The normalized spacial score (nSPS) is 17.8. The fourth-order valence-electron chi connectivity index (χ4n) is 2.32. The van der Waals surface area contributed by atoms with Gasteiger partial charge in [-0.05, 0) is 6.07 Å². The summed E-state index contributed by atoms with van der Waals surface area (Å²) in [5.41, 5.74) is 1.57. The van der Waals surface area contributed by atoms with Crippen molar-refractivity contribution in [1.82, 2.24) is 5.32 Å². The first kappa shape index (κ1) is 11.6. The molecule has 1 unspecified atom stereocenters. The van der Waals surface area contributed by atoms with Gasteiger partial charge in [-0.3, -0.25) is 9.59 Å². The minimum absolute atomic E-state index is 0.0541. The van der Waals surface area contributed by atoms with E-state index in [1.165, 1.54) is 0 Å². The molecule has 1 aliphatic rings. The van der Waals surface area contributed by atoms with Gasteiger partial charge in [-0.2, -0.15) is 0 Å². The summed E-state index contributed by atoms with van der Waals surface area (Å²) in [4.78, 5) is 23.2. The molecule has 0 aliphatic heterocycles. The number of methoxy groups -OCH3 is 1. The number of ether oxygens (including phenoxy) is 1. The first-order chi connectivity index (χ1) is 8.17. The van der Waals surface area contributed by atoms with Crippen LogP contribution in [0.15, 0.2) is 18.2 Å². The third-order valence-electron chi connectivity index (χ3n) is 3.14. The molecule has 0 spiro atoms. The standard InChI is InChI=1S/C13H15NO3/c1-14-12(16)7-8-6-10(15)9-4-3-5-11(17-2)13(8)9/h3-5,8H,6-7H2,1-2H3,(H,14,16). The minimum Gasteiger partial charge on any atom is -0.496 e. The highest BCUT2D eigenvalue weighted by molar-refractivity contribution is 6.02. The lowest BCUT2D eigenvalue weighted by Gasteiger charge is -2.13. The van der Waals surface area contributed by atoms with E-state index in [2.05, 4.69) is 5.32 Å². The largest absolute Gasteiger partial charge is 0.496 e. The Hall–Kier alpha value is -1.84. The maximum atomic E-state index is 11.8. The van der Waals surface area contributed by atoms with Crippen LogP contribution in [0, 0.1) is 0 Å². The van der Waals surface area contributed by atoms with Gasteiger partial charge in [0.25, 0.3) is 0 Å². The van der Waals surface area contributed by atoms with Crippen molar-refractivity contribution >= 4 is 11.7 Å². The van der Waals surface area contributed by atoms with Crippen molar-refractivity contribution in [2.75, 3.05) is 14.2 Å². The van der Waals surface area contributed by atoms with Gasteiger partial charge in [-0.1, -0.05) is 12.1 Å². The zero-order valence-corrected chi connectivity index (χ0v) is 9.95. The number of fused-ring (bicyclic) bond motifs is 1. The fourth-order valence-corrected chi connectivity index (χ4v) is 2.32. The Labute approximate surface area is 100.0 Å². The topological polar surface area (TPSA) is 55.4 Å². The molecule has 1 atom stereocenters. The van der Waals surface area contributed by atoms with Crippen molar-refractivity contribution in [2.24, 2.45) is 0 Å². The molecule has 0 aromatic heterocycles. The van der Waals surface area contributed by atoms with Crippen LogP contribution in [0.1, 0.15) is 34.7 Å². The Bertz CT molecular complexity index is 468. The van der Waals surface area contributed by atoms with E-state index in [-0.39, 0.29) is 17.6 Å². The van der Waals surface area contributed by atoms with E-state index in [1.54, 1.807) is 26.3 Å². The van der Waals surface area contributed by atoms with E-state index in [0.717, 1.165) is 5.56 Å². The van der Waals surface area contributed by atoms with Crippen molar-refractivity contribution in [3.8, 4) is 5.75 Å². The maximum absolute atomic E-state index is 11.8. The molecule has 90 valence electrons. The average Bonchev–Trinajstić information content (AvgIpc) is 2.66. The smallest absolute Gasteiger partial charge is 0.220 e. The summed E-state index contributed by atoms with van der Waals surface area (Å²) in [5.74, 6) is 0.671. The Morgan fingerprint density at radius 2 is 2.29 bits per heavy atom. The second-order valence-corrected chi connectivity index (χ2v) is 4.12. The number of rotatable bonds is 3. The zero-order valence-electron chi connectivity index (χ0n) is 9.95. The molecule has 0 radical (unpaired) electrons. The molecule has 1 aliphatic carbocycles. The molecule has 4 heteroatoms. The predicted octanol–water partition coefficient (Wildman–Crippen LogP) is 1.50. The van der Waals surface area contributed by atoms with Crippen LogP contribution in [-0.2, 0) is 4.79 Å². The van der Waals surface area contributed by atoms with Gasteiger partial charge < -0.3 is 10.1 Å². The Balaban J connectivity index is 2.37. The average molecular weight is 233 g/mol. The number of nitrogens with one attached hydrogen (secondary N) is 1. The lowest BCUT2D eigenvalue weighted by atomic mass is 9.96. The summed E-state index contributed by atoms with van der Waals surface area (Å²) in [5, 5.41) is 2.58. The molecule has 1 amide bonds. The van der Waals surface area contributed by atoms with Crippen molar-refractivity contribution in [2.45, 2.75) is 18.8 Å². The summed E-state index contributed by atoms with van der Waals surface area (Å²) in [6, 6.07) is 5.43. The van der Waals surface area contributed by atoms with E-state index in [0.29, 0.717) is 24.2 Å². The zero-order chi connectivity index (χ0) is 12.4. The molecular weight excluding hydrogens is 218 g/mol. The van der Waals surface area contributed by atoms with E-state index in [4.69, 9.17) is 4.74 Å². The number of ketones is 1. The molecule has 2 rings (SSSR count). The number of amides is 1. The monoisotopic (exact) mass is 233 g/mol. The highest BCUT2D eigenvalue weighted by Gasteiger charge is 2.33. The summed E-state index contributed by atoms with van der Waals surface area (Å²) in [6.45, 7) is 0. The van der Waals surface area contributed by atoms with Crippen LogP contribution < -0.4 is 10.1 Å². The highest BCUT2D eigenvalue weighted by atomic mass is 16.5. The molecule has 17 heavy (non-hydrogen) atoms. The Morgan fingerprint density at radius 3 is 2.94 bits per heavy atom. The van der Waals surface area contributed by atoms with E-state index in [1.807, 2.05) is 6.07 Å². The van der Waals surface area contributed by atoms with Gasteiger partial charge in [-0.25, -0.2) is 0 Å².